The lowest BCUT2D eigenvalue weighted by Gasteiger charge is -2.57. The molecule has 3 fully saturated rings. The molecule has 0 aliphatic carbocycles. The smallest absolute Gasteiger partial charge is 0.347 e. The highest BCUT2D eigenvalue weighted by Crippen LogP contribution is 2.45. The van der Waals surface area contributed by atoms with Crippen LogP contribution in [0.2, 0.25) is 0 Å². The van der Waals surface area contributed by atoms with Gasteiger partial charge in [-0.05, 0) is 68.5 Å². The highest BCUT2D eigenvalue weighted by molar-refractivity contribution is 7.89. The van der Waals surface area contributed by atoms with Crippen molar-refractivity contribution in [1.29, 1.82) is 0 Å². The number of thiophene rings is 1. The standard InChI is InChI=1S/C20H30N2O4S2/c1-2-3-8-16-15-7-5-11-21-10-4-6-14(18(15)21)13-22(16)28(25,26)17-9-12-27-19(17)20(23)24/h9,12,14-16,18H,2-8,10-11,13H2,1H3,(H,23,24)/t14-,15+,16+,18-/m0/s1. The second kappa shape index (κ2) is 8.05. The van der Waals surface area contributed by atoms with E-state index in [-0.39, 0.29) is 15.8 Å². The van der Waals surface area contributed by atoms with Crippen molar-refractivity contribution < 1.29 is 18.3 Å². The van der Waals surface area contributed by atoms with E-state index in [1.807, 2.05) is 0 Å². The van der Waals surface area contributed by atoms with Gasteiger partial charge in [-0.25, -0.2) is 13.2 Å². The fourth-order valence-corrected chi connectivity index (χ4v) is 8.78. The van der Waals surface area contributed by atoms with E-state index in [9.17, 15) is 18.3 Å². The zero-order chi connectivity index (χ0) is 19.9. The van der Waals surface area contributed by atoms with Crippen LogP contribution in [0.3, 0.4) is 0 Å². The Hall–Kier alpha value is -0.960. The second-order valence-corrected chi connectivity index (χ2v) is 11.2. The lowest BCUT2D eigenvalue weighted by atomic mass is 9.70. The van der Waals surface area contributed by atoms with Crippen molar-refractivity contribution in [3.63, 3.8) is 0 Å². The van der Waals surface area contributed by atoms with Crippen molar-refractivity contribution >= 4 is 27.3 Å². The van der Waals surface area contributed by atoms with Gasteiger partial charge in [-0.2, -0.15) is 4.31 Å². The molecule has 0 radical (unpaired) electrons. The van der Waals surface area contributed by atoms with Gasteiger partial charge in [0.1, 0.15) is 9.77 Å². The molecule has 0 amide bonds. The van der Waals surface area contributed by atoms with E-state index in [1.54, 1.807) is 9.69 Å². The third-order valence-electron chi connectivity index (χ3n) is 6.89. The zero-order valence-corrected chi connectivity index (χ0v) is 18.1. The molecule has 1 aromatic heterocycles. The van der Waals surface area contributed by atoms with Crippen LogP contribution >= 0.6 is 11.3 Å². The van der Waals surface area contributed by atoms with Gasteiger partial charge in [0, 0.05) is 18.6 Å². The maximum Gasteiger partial charge on any atom is 0.347 e. The zero-order valence-electron chi connectivity index (χ0n) is 16.4. The molecule has 4 heterocycles. The Labute approximate surface area is 171 Å². The van der Waals surface area contributed by atoms with E-state index in [1.165, 1.54) is 6.07 Å². The summed E-state index contributed by atoms with van der Waals surface area (Å²) < 4.78 is 29.0. The van der Waals surface area contributed by atoms with Gasteiger partial charge in [0.05, 0.1) is 0 Å². The van der Waals surface area contributed by atoms with E-state index >= 15 is 0 Å². The Morgan fingerprint density at radius 3 is 2.75 bits per heavy atom. The predicted octanol–water partition coefficient (Wildman–Crippen LogP) is 3.50. The molecule has 0 spiro atoms. The van der Waals surface area contributed by atoms with Gasteiger partial charge in [0.25, 0.3) is 0 Å². The molecule has 156 valence electrons. The first-order chi connectivity index (χ1) is 13.4. The fourth-order valence-electron chi connectivity index (χ4n) is 5.79. The summed E-state index contributed by atoms with van der Waals surface area (Å²) in [6, 6.07) is 1.95. The third-order valence-corrected chi connectivity index (χ3v) is 9.85. The first kappa shape index (κ1) is 20.3. The van der Waals surface area contributed by atoms with E-state index in [0.29, 0.717) is 24.4 Å². The van der Waals surface area contributed by atoms with Crippen molar-refractivity contribution in [2.75, 3.05) is 19.6 Å². The van der Waals surface area contributed by atoms with Crippen LogP contribution in [-0.2, 0) is 10.0 Å². The first-order valence-electron chi connectivity index (χ1n) is 10.5. The van der Waals surface area contributed by atoms with Crippen LogP contribution in [0, 0.1) is 11.8 Å². The summed E-state index contributed by atoms with van der Waals surface area (Å²) in [6.07, 6.45) is 7.30. The molecular weight excluding hydrogens is 396 g/mol. The van der Waals surface area contributed by atoms with Crippen LogP contribution in [0.4, 0.5) is 0 Å². The Morgan fingerprint density at radius 2 is 2.04 bits per heavy atom. The minimum Gasteiger partial charge on any atom is -0.477 e. The molecule has 3 aliphatic heterocycles. The molecule has 1 N–H and O–H groups in total. The molecule has 0 saturated carbocycles. The molecule has 4 rings (SSSR count). The second-order valence-electron chi connectivity index (χ2n) is 8.44. The summed E-state index contributed by atoms with van der Waals surface area (Å²) >= 11 is 0.995. The van der Waals surface area contributed by atoms with Gasteiger partial charge < -0.3 is 5.11 Å². The molecule has 8 heteroatoms. The summed E-state index contributed by atoms with van der Waals surface area (Å²) in [4.78, 5) is 14.1. The number of sulfonamides is 1. The van der Waals surface area contributed by atoms with Gasteiger partial charge in [-0.1, -0.05) is 19.8 Å². The Morgan fingerprint density at radius 1 is 1.29 bits per heavy atom. The van der Waals surface area contributed by atoms with E-state index in [0.717, 1.165) is 69.4 Å². The minimum absolute atomic E-state index is 0.0198. The number of carboxylic acid groups (broad SMARTS) is 1. The summed E-state index contributed by atoms with van der Waals surface area (Å²) in [7, 11) is -3.82. The topological polar surface area (TPSA) is 77.9 Å². The van der Waals surface area contributed by atoms with Crippen molar-refractivity contribution in [1.82, 2.24) is 9.21 Å². The summed E-state index contributed by atoms with van der Waals surface area (Å²) in [6.45, 7) is 4.94. The van der Waals surface area contributed by atoms with Crippen LogP contribution in [0.15, 0.2) is 16.3 Å². The van der Waals surface area contributed by atoms with E-state index in [2.05, 4.69) is 11.8 Å². The Bertz CT molecular complexity index is 820. The number of piperidine rings is 3. The molecule has 0 bridgehead atoms. The van der Waals surface area contributed by atoms with E-state index < -0.39 is 16.0 Å². The monoisotopic (exact) mass is 426 g/mol. The van der Waals surface area contributed by atoms with Crippen LogP contribution in [0.1, 0.15) is 61.5 Å². The van der Waals surface area contributed by atoms with Crippen LogP contribution in [0.5, 0.6) is 0 Å². The minimum atomic E-state index is -3.82. The number of aromatic carboxylic acids is 1. The lowest BCUT2D eigenvalue weighted by molar-refractivity contribution is -0.0523. The highest BCUT2D eigenvalue weighted by atomic mass is 32.2. The normalized spacial score (nSPS) is 31.5. The van der Waals surface area contributed by atoms with Gasteiger partial charge in [0.15, 0.2) is 0 Å². The molecule has 6 nitrogen and oxygen atoms in total. The highest BCUT2D eigenvalue weighted by Gasteiger charge is 2.51. The number of nitrogens with zero attached hydrogens (tertiary/aromatic N) is 2. The molecule has 4 atom stereocenters. The van der Waals surface area contributed by atoms with Crippen LogP contribution in [-0.4, -0.2) is 60.4 Å². The quantitative estimate of drug-likeness (QED) is 0.753. The maximum absolute atomic E-state index is 13.6. The summed E-state index contributed by atoms with van der Waals surface area (Å²) in [5.74, 6) is -0.435. The van der Waals surface area contributed by atoms with Gasteiger partial charge >= 0.3 is 5.97 Å². The van der Waals surface area contributed by atoms with Gasteiger partial charge in [-0.15, -0.1) is 11.3 Å². The number of carbonyl (C=O) groups is 1. The molecule has 28 heavy (non-hydrogen) atoms. The predicted molar refractivity (Wildman–Crippen MR) is 109 cm³/mol. The largest absolute Gasteiger partial charge is 0.477 e. The molecular formula is C20H30N2O4S2. The lowest BCUT2D eigenvalue weighted by Crippen LogP contribution is -2.65. The molecule has 3 aliphatic rings. The van der Waals surface area contributed by atoms with E-state index in [4.69, 9.17) is 0 Å². The number of carboxylic acids is 1. The van der Waals surface area contributed by atoms with Gasteiger partial charge in [-0.3, -0.25) is 4.90 Å². The average Bonchev–Trinajstić information content (AvgIpc) is 3.18. The third kappa shape index (κ3) is 3.42. The van der Waals surface area contributed by atoms with Crippen LogP contribution < -0.4 is 0 Å². The van der Waals surface area contributed by atoms with Crippen molar-refractivity contribution in [2.45, 2.75) is 68.8 Å². The summed E-state index contributed by atoms with van der Waals surface area (Å²) in [5.41, 5.74) is 0. The maximum atomic E-state index is 13.6. The first-order valence-corrected chi connectivity index (χ1v) is 12.8. The molecule has 0 aromatic carbocycles. The van der Waals surface area contributed by atoms with Gasteiger partial charge in [0.2, 0.25) is 10.0 Å². The van der Waals surface area contributed by atoms with Crippen molar-refractivity contribution in [2.24, 2.45) is 11.8 Å². The molecule has 3 saturated heterocycles. The average molecular weight is 427 g/mol. The Balaban J connectivity index is 1.73. The van der Waals surface area contributed by atoms with Crippen LogP contribution in [0.25, 0.3) is 0 Å². The number of hydrogen-bond donors (Lipinski definition) is 1. The summed E-state index contributed by atoms with van der Waals surface area (Å²) in [5, 5.41) is 11.1. The SMILES string of the molecule is CCCC[C@@H]1[C@H]2CCCN3CCC[C@@H](CN1S(=O)(=O)c1ccsc1C(=O)O)[C@@H]23. The van der Waals surface area contributed by atoms with Crippen molar-refractivity contribution in [3.8, 4) is 0 Å². The number of hydrogen-bond acceptors (Lipinski definition) is 5. The van der Waals surface area contributed by atoms with Crippen molar-refractivity contribution in [3.05, 3.63) is 16.3 Å². The number of unbranched alkanes of at least 4 members (excludes halogenated alkanes) is 1. The molecule has 0 unspecified atom stereocenters. The molecule has 1 aromatic rings. The number of rotatable bonds is 6. The fraction of sp³-hybridized carbons (Fsp3) is 0.750. The Kier molecular flexibility index (Phi) is 5.84.